The van der Waals surface area contributed by atoms with Crippen molar-refractivity contribution in [1.29, 1.82) is 0 Å². The standard InChI is InChI=1S/C13H21NO5S/c1-10-8-11(18-2)12(19-3)9-13(10)20(16,17)14-6-4-5-7-15/h8-9,14-15H,4-7H2,1-3H3. The second kappa shape index (κ2) is 7.47. The minimum absolute atomic E-state index is 0.0527. The molecule has 6 nitrogen and oxygen atoms in total. The lowest BCUT2D eigenvalue weighted by Crippen LogP contribution is -2.25. The fourth-order valence-corrected chi connectivity index (χ4v) is 3.09. The van der Waals surface area contributed by atoms with Crippen molar-refractivity contribution in [2.24, 2.45) is 0 Å². The van der Waals surface area contributed by atoms with Crippen molar-refractivity contribution >= 4 is 10.0 Å². The van der Waals surface area contributed by atoms with E-state index >= 15 is 0 Å². The van der Waals surface area contributed by atoms with Gasteiger partial charge in [-0.05, 0) is 31.4 Å². The smallest absolute Gasteiger partial charge is 0.240 e. The van der Waals surface area contributed by atoms with Gasteiger partial charge in [0.2, 0.25) is 10.0 Å². The van der Waals surface area contributed by atoms with E-state index in [9.17, 15) is 8.42 Å². The maximum absolute atomic E-state index is 12.2. The van der Waals surface area contributed by atoms with E-state index in [4.69, 9.17) is 14.6 Å². The van der Waals surface area contributed by atoms with Crippen LogP contribution in [0.15, 0.2) is 17.0 Å². The fourth-order valence-electron chi connectivity index (χ4n) is 1.77. The average molecular weight is 303 g/mol. The Morgan fingerprint density at radius 2 is 1.75 bits per heavy atom. The molecule has 0 amide bonds. The summed E-state index contributed by atoms with van der Waals surface area (Å²) in [5, 5.41) is 8.68. The molecule has 0 radical (unpaired) electrons. The van der Waals surface area contributed by atoms with Crippen LogP contribution in [0.5, 0.6) is 11.5 Å². The first-order valence-electron chi connectivity index (χ1n) is 6.29. The average Bonchev–Trinajstić information content (AvgIpc) is 2.43. The van der Waals surface area contributed by atoms with E-state index in [1.165, 1.54) is 20.3 Å². The van der Waals surface area contributed by atoms with Crippen LogP contribution in [-0.4, -0.2) is 40.9 Å². The van der Waals surface area contributed by atoms with Crippen molar-refractivity contribution < 1.29 is 23.0 Å². The molecule has 2 N–H and O–H groups in total. The number of unbranched alkanes of at least 4 members (excludes halogenated alkanes) is 1. The molecular weight excluding hydrogens is 282 g/mol. The van der Waals surface area contributed by atoms with Gasteiger partial charge in [-0.15, -0.1) is 0 Å². The molecule has 0 unspecified atom stereocenters. The van der Waals surface area contributed by atoms with Crippen LogP contribution < -0.4 is 14.2 Å². The van der Waals surface area contributed by atoms with Crippen LogP contribution in [0.2, 0.25) is 0 Å². The summed E-state index contributed by atoms with van der Waals surface area (Å²) in [6, 6.07) is 3.07. The second-order valence-electron chi connectivity index (χ2n) is 4.30. The van der Waals surface area contributed by atoms with Crippen molar-refractivity contribution in [3.63, 3.8) is 0 Å². The molecule has 0 spiro atoms. The maximum Gasteiger partial charge on any atom is 0.240 e. The summed E-state index contributed by atoms with van der Waals surface area (Å²) in [6.07, 6.45) is 1.15. The van der Waals surface area contributed by atoms with E-state index in [1.54, 1.807) is 13.0 Å². The quantitative estimate of drug-likeness (QED) is 0.702. The molecule has 114 valence electrons. The summed E-state index contributed by atoms with van der Waals surface area (Å²) in [6.45, 7) is 2.04. The van der Waals surface area contributed by atoms with Crippen LogP contribution in [0, 0.1) is 6.92 Å². The molecule has 0 aliphatic carbocycles. The molecule has 0 aliphatic heterocycles. The van der Waals surface area contributed by atoms with Crippen LogP contribution in [-0.2, 0) is 10.0 Å². The molecule has 0 saturated carbocycles. The molecule has 0 heterocycles. The number of aryl methyl sites for hydroxylation is 1. The SMILES string of the molecule is COc1cc(C)c(S(=O)(=O)NCCCCO)cc1OC. The van der Waals surface area contributed by atoms with Gasteiger partial charge in [0.25, 0.3) is 0 Å². The Hall–Kier alpha value is -1.31. The number of aliphatic hydroxyl groups is 1. The van der Waals surface area contributed by atoms with E-state index in [2.05, 4.69) is 4.72 Å². The normalized spacial score (nSPS) is 11.4. The van der Waals surface area contributed by atoms with Crippen molar-refractivity contribution in [2.75, 3.05) is 27.4 Å². The summed E-state index contributed by atoms with van der Waals surface area (Å²) in [4.78, 5) is 0.166. The summed E-state index contributed by atoms with van der Waals surface area (Å²) >= 11 is 0. The molecule has 7 heteroatoms. The summed E-state index contributed by atoms with van der Waals surface area (Å²) in [5.41, 5.74) is 0.581. The van der Waals surface area contributed by atoms with Gasteiger partial charge >= 0.3 is 0 Å². The van der Waals surface area contributed by atoms with E-state index in [0.717, 1.165) is 0 Å². The van der Waals surface area contributed by atoms with Crippen LogP contribution in [0.3, 0.4) is 0 Å². The molecule has 1 aromatic carbocycles. The van der Waals surface area contributed by atoms with E-state index < -0.39 is 10.0 Å². The Morgan fingerprint density at radius 3 is 2.30 bits per heavy atom. The molecule has 0 aromatic heterocycles. The highest BCUT2D eigenvalue weighted by molar-refractivity contribution is 7.89. The minimum atomic E-state index is -3.60. The van der Waals surface area contributed by atoms with Crippen molar-refractivity contribution in [3.8, 4) is 11.5 Å². The molecule has 1 rings (SSSR count). The van der Waals surface area contributed by atoms with E-state index in [1.807, 2.05) is 0 Å². The maximum atomic E-state index is 12.2. The number of nitrogens with one attached hydrogen (secondary N) is 1. The number of benzene rings is 1. The number of hydrogen-bond acceptors (Lipinski definition) is 5. The molecule has 0 fully saturated rings. The Bertz CT molecular complexity index is 542. The lowest BCUT2D eigenvalue weighted by atomic mass is 10.2. The number of sulfonamides is 1. The Balaban J connectivity index is 2.99. The third-order valence-electron chi connectivity index (χ3n) is 2.85. The zero-order chi connectivity index (χ0) is 15.2. The minimum Gasteiger partial charge on any atom is -0.493 e. The third-order valence-corrected chi connectivity index (χ3v) is 4.45. The first-order chi connectivity index (χ1) is 9.46. The zero-order valence-electron chi connectivity index (χ0n) is 12.0. The molecule has 0 saturated heterocycles. The van der Waals surface area contributed by atoms with Crippen LogP contribution in [0.25, 0.3) is 0 Å². The highest BCUT2D eigenvalue weighted by atomic mass is 32.2. The Labute approximate surface area is 119 Å². The molecule has 0 aliphatic rings. The van der Waals surface area contributed by atoms with Gasteiger partial charge in [-0.2, -0.15) is 0 Å². The highest BCUT2D eigenvalue weighted by Crippen LogP contribution is 2.32. The van der Waals surface area contributed by atoms with Crippen LogP contribution in [0.4, 0.5) is 0 Å². The van der Waals surface area contributed by atoms with Gasteiger partial charge in [-0.1, -0.05) is 0 Å². The third kappa shape index (κ3) is 4.09. The van der Waals surface area contributed by atoms with Gasteiger partial charge in [0, 0.05) is 19.2 Å². The largest absolute Gasteiger partial charge is 0.493 e. The van der Waals surface area contributed by atoms with Gasteiger partial charge in [0.1, 0.15) is 0 Å². The highest BCUT2D eigenvalue weighted by Gasteiger charge is 2.19. The lowest BCUT2D eigenvalue weighted by molar-refractivity contribution is 0.285. The predicted molar refractivity (Wildman–Crippen MR) is 75.8 cm³/mol. The molecule has 0 bridgehead atoms. The Kier molecular flexibility index (Phi) is 6.25. The number of aliphatic hydroxyl groups excluding tert-OH is 1. The van der Waals surface area contributed by atoms with Crippen LogP contribution in [0.1, 0.15) is 18.4 Å². The fraction of sp³-hybridized carbons (Fsp3) is 0.538. The van der Waals surface area contributed by atoms with Crippen molar-refractivity contribution in [3.05, 3.63) is 17.7 Å². The zero-order valence-corrected chi connectivity index (χ0v) is 12.8. The number of methoxy groups -OCH3 is 2. The van der Waals surface area contributed by atoms with Crippen LogP contribution >= 0.6 is 0 Å². The summed E-state index contributed by atoms with van der Waals surface area (Å²) in [5.74, 6) is 0.859. The lowest BCUT2D eigenvalue weighted by Gasteiger charge is -2.13. The monoisotopic (exact) mass is 303 g/mol. The molecule has 1 aromatic rings. The first-order valence-corrected chi connectivity index (χ1v) is 7.77. The van der Waals surface area contributed by atoms with Crippen molar-refractivity contribution in [2.45, 2.75) is 24.7 Å². The molecule has 0 atom stereocenters. The van der Waals surface area contributed by atoms with Gasteiger partial charge < -0.3 is 14.6 Å². The van der Waals surface area contributed by atoms with Gasteiger partial charge in [0.15, 0.2) is 11.5 Å². The second-order valence-corrected chi connectivity index (χ2v) is 6.04. The Morgan fingerprint density at radius 1 is 1.15 bits per heavy atom. The first kappa shape index (κ1) is 16.7. The number of hydrogen-bond donors (Lipinski definition) is 2. The van der Waals surface area contributed by atoms with Gasteiger partial charge in [-0.3, -0.25) is 0 Å². The summed E-state index contributed by atoms with van der Waals surface area (Å²) in [7, 11) is -0.641. The van der Waals surface area contributed by atoms with Crippen molar-refractivity contribution in [1.82, 2.24) is 4.72 Å². The van der Waals surface area contributed by atoms with E-state index in [-0.39, 0.29) is 18.0 Å². The van der Waals surface area contributed by atoms with Gasteiger partial charge in [-0.25, -0.2) is 13.1 Å². The number of ether oxygens (including phenoxy) is 2. The number of rotatable bonds is 8. The van der Waals surface area contributed by atoms with Gasteiger partial charge in [0.05, 0.1) is 19.1 Å². The van der Waals surface area contributed by atoms with E-state index in [0.29, 0.717) is 29.9 Å². The topological polar surface area (TPSA) is 84.9 Å². The molecular formula is C13H21NO5S. The summed E-state index contributed by atoms with van der Waals surface area (Å²) < 4.78 is 37.2. The molecule has 20 heavy (non-hydrogen) atoms. The predicted octanol–water partition coefficient (Wildman–Crippen LogP) is 1.06.